The lowest BCUT2D eigenvalue weighted by Crippen LogP contribution is -2.19. The van der Waals surface area contributed by atoms with Gasteiger partial charge in [-0.15, -0.1) is 34.0 Å². The Morgan fingerprint density at radius 3 is 2.16 bits per heavy atom. The summed E-state index contributed by atoms with van der Waals surface area (Å²) in [5, 5.41) is 7.88. The number of thiophene rings is 3. The molecule has 0 saturated heterocycles. The zero-order chi connectivity index (χ0) is 13.1. The van der Waals surface area contributed by atoms with Crippen molar-refractivity contribution in [3.8, 4) is 0 Å². The minimum absolute atomic E-state index is 0.279. The molecule has 98 valence electrons. The molecule has 3 aromatic rings. The molecule has 0 unspecified atom stereocenters. The van der Waals surface area contributed by atoms with Crippen LogP contribution >= 0.6 is 45.6 Å². The standard InChI is InChI=1S/C14H12ClNS3/c15-13-6-5-10(19-13)9-16-14(11-3-1-7-17-11)12-4-2-8-18-12/h1-8,14,16H,9H2. The van der Waals surface area contributed by atoms with E-state index < -0.39 is 0 Å². The molecular weight excluding hydrogens is 314 g/mol. The van der Waals surface area contributed by atoms with Crippen LogP contribution in [0.15, 0.2) is 47.2 Å². The molecule has 0 saturated carbocycles. The van der Waals surface area contributed by atoms with Crippen molar-refractivity contribution in [2.45, 2.75) is 12.6 Å². The minimum atomic E-state index is 0.279. The van der Waals surface area contributed by atoms with Crippen LogP contribution in [0.5, 0.6) is 0 Å². The Kier molecular flexibility index (Phi) is 4.35. The lowest BCUT2D eigenvalue weighted by Gasteiger charge is -2.15. The molecule has 0 aliphatic rings. The third kappa shape index (κ3) is 3.27. The highest BCUT2D eigenvalue weighted by molar-refractivity contribution is 7.16. The highest BCUT2D eigenvalue weighted by Crippen LogP contribution is 2.30. The lowest BCUT2D eigenvalue weighted by molar-refractivity contribution is 0.627. The van der Waals surface area contributed by atoms with Crippen LogP contribution in [0.25, 0.3) is 0 Å². The van der Waals surface area contributed by atoms with E-state index >= 15 is 0 Å². The molecule has 3 heterocycles. The Morgan fingerprint density at radius 2 is 1.68 bits per heavy atom. The molecule has 1 N–H and O–H groups in total. The van der Waals surface area contributed by atoms with Crippen molar-refractivity contribution in [2.24, 2.45) is 0 Å². The average Bonchev–Trinajstić information content (AvgIpc) is 3.11. The molecule has 0 fully saturated rings. The van der Waals surface area contributed by atoms with Crippen LogP contribution in [0.2, 0.25) is 4.34 Å². The van der Waals surface area contributed by atoms with Gasteiger partial charge in [-0.1, -0.05) is 23.7 Å². The molecule has 5 heteroatoms. The topological polar surface area (TPSA) is 12.0 Å². The third-order valence-corrected chi connectivity index (χ3v) is 5.87. The molecule has 1 nitrogen and oxygen atoms in total. The average molecular weight is 326 g/mol. The maximum atomic E-state index is 5.97. The molecule has 0 atom stereocenters. The lowest BCUT2D eigenvalue weighted by atomic mass is 10.2. The first-order valence-corrected chi connectivity index (χ1v) is 8.83. The van der Waals surface area contributed by atoms with Crippen LogP contribution in [0.1, 0.15) is 20.7 Å². The maximum absolute atomic E-state index is 5.97. The van der Waals surface area contributed by atoms with Crippen LogP contribution < -0.4 is 5.32 Å². The van der Waals surface area contributed by atoms with Gasteiger partial charge in [0.25, 0.3) is 0 Å². The smallest absolute Gasteiger partial charge is 0.0931 e. The quantitative estimate of drug-likeness (QED) is 0.662. The molecule has 0 amide bonds. The Hall–Kier alpha value is -0.650. The maximum Gasteiger partial charge on any atom is 0.0931 e. The van der Waals surface area contributed by atoms with Crippen molar-refractivity contribution in [3.63, 3.8) is 0 Å². The fourth-order valence-electron chi connectivity index (χ4n) is 1.90. The van der Waals surface area contributed by atoms with E-state index in [0.717, 1.165) is 10.9 Å². The van der Waals surface area contributed by atoms with Crippen molar-refractivity contribution in [1.29, 1.82) is 0 Å². The van der Waals surface area contributed by atoms with E-state index in [0.29, 0.717) is 0 Å². The Bertz CT molecular complexity index is 579. The van der Waals surface area contributed by atoms with E-state index in [1.807, 2.05) is 6.07 Å². The second kappa shape index (κ2) is 6.20. The fraction of sp³-hybridized carbons (Fsp3) is 0.143. The number of rotatable bonds is 5. The Labute approximate surface area is 129 Å². The molecule has 0 aromatic carbocycles. The van der Waals surface area contributed by atoms with Crippen molar-refractivity contribution in [1.82, 2.24) is 5.32 Å². The summed E-state index contributed by atoms with van der Waals surface area (Å²) < 4.78 is 0.848. The number of hydrogen-bond donors (Lipinski definition) is 1. The molecule has 0 radical (unpaired) electrons. The summed E-state index contributed by atoms with van der Waals surface area (Å²) in [6.07, 6.45) is 0. The van der Waals surface area contributed by atoms with Crippen molar-refractivity contribution in [2.75, 3.05) is 0 Å². The van der Waals surface area contributed by atoms with Crippen LogP contribution in [-0.2, 0) is 6.54 Å². The summed E-state index contributed by atoms with van der Waals surface area (Å²) in [6.45, 7) is 0.845. The second-order valence-corrected chi connectivity index (χ2v) is 7.81. The summed E-state index contributed by atoms with van der Waals surface area (Å²) >= 11 is 11.2. The van der Waals surface area contributed by atoms with Gasteiger partial charge in [-0.2, -0.15) is 0 Å². The Morgan fingerprint density at radius 1 is 1.00 bits per heavy atom. The second-order valence-electron chi connectivity index (χ2n) is 4.05. The van der Waals surface area contributed by atoms with E-state index in [2.05, 4.69) is 46.4 Å². The number of hydrogen-bond acceptors (Lipinski definition) is 4. The molecule has 19 heavy (non-hydrogen) atoms. The molecule has 0 bridgehead atoms. The minimum Gasteiger partial charge on any atom is -0.300 e. The van der Waals surface area contributed by atoms with Gasteiger partial charge < -0.3 is 0 Å². The van der Waals surface area contributed by atoms with Crippen LogP contribution in [0, 0.1) is 0 Å². The predicted octanol–water partition coefficient (Wildman–Crippen LogP) is 5.40. The normalized spacial score (nSPS) is 11.3. The van der Waals surface area contributed by atoms with Gasteiger partial charge in [0, 0.05) is 21.2 Å². The summed E-state index contributed by atoms with van der Waals surface area (Å²) in [7, 11) is 0. The molecule has 0 aliphatic heterocycles. The molecule has 0 spiro atoms. The van der Waals surface area contributed by atoms with Gasteiger partial charge in [-0.3, -0.25) is 5.32 Å². The summed E-state index contributed by atoms with van der Waals surface area (Å²) in [6, 6.07) is 12.9. The SMILES string of the molecule is Clc1ccc(CNC(c2cccs2)c2cccs2)s1. The van der Waals surface area contributed by atoms with Crippen LogP contribution in [0.3, 0.4) is 0 Å². The molecule has 0 aliphatic carbocycles. The first-order chi connectivity index (χ1) is 9.33. The highest BCUT2D eigenvalue weighted by atomic mass is 35.5. The van der Waals surface area contributed by atoms with E-state index in [9.17, 15) is 0 Å². The van der Waals surface area contributed by atoms with E-state index in [-0.39, 0.29) is 6.04 Å². The first-order valence-electron chi connectivity index (χ1n) is 5.87. The van der Waals surface area contributed by atoms with Crippen molar-refractivity contribution >= 4 is 45.6 Å². The number of nitrogens with one attached hydrogen (secondary N) is 1. The fourth-order valence-corrected chi connectivity index (χ4v) is 4.65. The van der Waals surface area contributed by atoms with Crippen molar-refractivity contribution in [3.05, 3.63) is 66.1 Å². The van der Waals surface area contributed by atoms with Gasteiger partial charge in [0.1, 0.15) is 0 Å². The van der Waals surface area contributed by atoms with Crippen LogP contribution in [-0.4, -0.2) is 0 Å². The largest absolute Gasteiger partial charge is 0.300 e. The third-order valence-electron chi connectivity index (χ3n) is 2.76. The van der Waals surface area contributed by atoms with Gasteiger partial charge in [0.15, 0.2) is 0 Å². The summed E-state index contributed by atoms with van der Waals surface area (Å²) in [5.41, 5.74) is 0. The monoisotopic (exact) mass is 325 g/mol. The molecule has 3 aromatic heterocycles. The zero-order valence-electron chi connectivity index (χ0n) is 10.0. The van der Waals surface area contributed by atoms with E-state index in [4.69, 9.17) is 11.6 Å². The van der Waals surface area contributed by atoms with Crippen LogP contribution in [0.4, 0.5) is 0 Å². The first kappa shape index (κ1) is 13.3. The summed E-state index contributed by atoms with van der Waals surface area (Å²) in [4.78, 5) is 3.97. The van der Waals surface area contributed by atoms with Crippen molar-refractivity contribution < 1.29 is 0 Å². The van der Waals surface area contributed by atoms with Gasteiger partial charge in [0.2, 0.25) is 0 Å². The Balaban J connectivity index is 1.77. The van der Waals surface area contributed by atoms with Gasteiger partial charge in [-0.25, -0.2) is 0 Å². The number of halogens is 1. The van der Waals surface area contributed by atoms with Gasteiger partial charge in [0.05, 0.1) is 10.4 Å². The van der Waals surface area contributed by atoms with Gasteiger partial charge in [-0.05, 0) is 35.0 Å². The zero-order valence-corrected chi connectivity index (χ0v) is 13.2. The molecule has 3 rings (SSSR count). The highest BCUT2D eigenvalue weighted by Gasteiger charge is 2.15. The van der Waals surface area contributed by atoms with E-state index in [1.54, 1.807) is 34.0 Å². The van der Waals surface area contributed by atoms with E-state index in [1.165, 1.54) is 14.6 Å². The predicted molar refractivity (Wildman–Crippen MR) is 86.6 cm³/mol. The molecular formula is C14H12ClNS3. The summed E-state index contributed by atoms with van der Waals surface area (Å²) in [5.74, 6) is 0. The van der Waals surface area contributed by atoms with Gasteiger partial charge >= 0.3 is 0 Å².